The zero-order valence-corrected chi connectivity index (χ0v) is 9.11. The molecular formula is C13H12O3. The number of Topliss-reactive ketones (excluding diaryl/α,β-unsaturated/α-hetero) is 1. The van der Waals surface area contributed by atoms with Crippen LogP contribution in [0.3, 0.4) is 0 Å². The summed E-state index contributed by atoms with van der Waals surface area (Å²) in [6, 6.07) is 7.03. The van der Waals surface area contributed by atoms with Crippen LogP contribution in [-0.4, -0.2) is 16.0 Å². The van der Waals surface area contributed by atoms with Gasteiger partial charge in [-0.25, -0.2) is 0 Å². The van der Waals surface area contributed by atoms with Gasteiger partial charge in [0.05, 0.1) is 5.56 Å². The van der Waals surface area contributed by atoms with Crippen LogP contribution in [0, 0.1) is 6.92 Å². The van der Waals surface area contributed by atoms with Gasteiger partial charge in [-0.2, -0.15) is 0 Å². The van der Waals surface area contributed by atoms with Crippen LogP contribution in [0.5, 0.6) is 11.5 Å². The molecule has 2 aromatic rings. The molecule has 0 spiro atoms. The topological polar surface area (TPSA) is 57.5 Å². The second-order valence-corrected chi connectivity index (χ2v) is 3.90. The molecule has 0 aromatic heterocycles. The van der Waals surface area contributed by atoms with Crippen molar-refractivity contribution >= 4 is 16.6 Å². The standard InChI is InChI=1S/C13H12O3/c1-7-3-4-10-9(5-7)6-11(8(2)14)13(16)12(10)15/h3-6,15-16H,1-2H3. The van der Waals surface area contributed by atoms with E-state index >= 15 is 0 Å². The number of hydrogen-bond acceptors (Lipinski definition) is 3. The van der Waals surface area contributed by atoms with Gasteiger partial charge in [0.2, 0.25) is 0 Å². The first-order valence-corrected chi connectivity index (χ1v) is 4.97. The summed E-state index contributed by atoms with van der Waals surface area (Å²) in [6.07, 6.45) is 0. The number of aryl methyl sites for hydroxylation is 1. The van der Waals surface area contributed by atoms with Gasteiger partial charge in [-0.05, 0) is 25.3 Å². The molecule has 0 radical (unpaired) electrons. The Bertz CT molecular complexity index is 585. The Kier molecular flexibility index (Phi) is 2.31. The number of fused-ring (bicyclic) bond motifs is 1. The average Bonchev–Trinajstić information content (AvgIpc) is 2.22. The lowest BCUT2D eigenvalue weighted by Gasteiger charge is -2.08. The number of rotatable bonds is 1. The van der Waals surface area contributed by atoms with E-state index < -0.39 is 0 Å². The van der Waals surface area contributed by atoms with E-state index in [-0.39, 0.29) is 22.8 Å². The molecule has 82 valence electrons. The van der Waals surface area contributed by atoms with E-state index in [2.05, 4.69) is 0 Å². The lowest BCUT2D eigenvalue weighted by Crippen LogP contribution is -1.93. The Balaban J connectivity index is 2.88. The van der Waals surface area contributed by atoms with E-state index in [1.54, 1.807) is 12.1 Å². The fourth-order valence-corrected chi connectivity index (χ4v) is 1.76. The van der Waals surface area contributed by atoms with Crippen LogP contribution in [0.2, 0.25) is 0 Å². The first kappa shape index (κ1) is 10.5. The average molecular weight is 216 g/mol. The number of aromatic hydroxyl groups is 2. The predicted octanol–water partition coefficient (Wildman–Crippen LogP) is 2.76. The van der Waals surface area contributed by atoms with Crippen LogP contribution in [0.4, 0.5) is 0 Å². The number of carbonyl (C=O) groups is 1. The SMILES string of the molecule is CC(=O)c1cc2cc(C)ccc2c(O)c1O. The summed E-state index contributed by atoms with van der Waals surface area (Å²) >= 11 is 0. The Labute approximate surface area is 93.0 Å². The molecule has 2 N–H and O–H groups in total. The lowest BCUT2D eigenvalue weighted by molar-refractivity contribution is 0.101. The van der Waals surface area contributed by atoms with Gasteiger partial charge < -0.3 is 10.2 Å². The summed E-state index contributed by atoms with van der Waals surface area (Å²) in [5, 5.41) is 20.7. The van der Waals surface area contributed by atoms with Gasteiger partial charge in [-0.3, -0.25) is 4.79 Å². The van der Waals surface area contributed by atoms with E-state index in [0.29, 0.717) is 5.39 Å². The van der Waals surface area contributed by atoms with Crippen LogP contribution in [0.15, 0.2) is 24.3 Å². The molecule has 0 aliphatic carbocycles. The highest BCUT2D eigenvalue weighted by atomic mass is 16.3. The van der Waals surface area contributed by atoms with Crippen LogP contribution in [0.25, 0.3) is 10.8 Å². The predicted molar refractivity (Wildman–Crippen MR) is 62.0 cm³/mol. The van der Waals surface area contributed by atoms with Gasteiger partial charge in [0, 0.05) is 5.39 Å². The van der Waals surface area contributed by atoms with Crippen molar-refractivity contribution in [2.45, 2.75) is 13.8 Å². The van der Waals surface area contributed by atoms with Gasteiger partial charge in [0.1, 0.15) is 0 Å². The third-order valence-corrected chi connectivity index (χ3v) is 2.62. The van der Waals surface area contributed by atoms with E-state index in [1.165, 1.54) is 6.92 Å². The Morgan fingerprint density at radius 3 is 2.44 bits per heavy atom. The molecule has 2 rings (SSSR count). The third kappa shape index (κ3) is 1.50. The number of phenols is 2. The van der Waals surface area contributed by atoms with E-state index in [9.17, 15) is 15.0 Å². The molecule has 0 bridgehead atoms. The number of hydrogen-bond donors (Lipinski definition) is 2. The largest absolute Gasteiger partial charge is 0.504 e. The van der Waals surface area contributed by atoms with Gasteiger partial charge in [-0.15, -0.1) is 0 Å². The highest BCUT2D eigenvalue weighted by Crippen LogP contribution is 2.37. The Hall–Kier alpha value is -2.03. The molecule has 0 fully saturated rings. The normalized spacial score (nSPS) is 10.6. The first-order chi connectivity index (χ1) is 7.50. The molecular weight excluding hydrogens is 204 g/mol. The monoisotopic (exact) mass is 216 g/mol. The summed E-state index contributed by atoms with van der Waals surface area (Å²) in [5.74, 6) is -0.845. The second kappa shape index (κ2) is 3.52. The number of carbonyl (C=O) groups excluding carboxylic acids is 1. The lowest BCUT2D eigenvalue weighted by atomic mass is 10.0. The van der Waals surface area contributed by atoms with Crippen molar-refractivity contribution < 1.29 is 15.0 Å². The molecule has 0 aliphatic heterocycles. The molecule has 2 aromatic carbocycles. The smallest absolute Gasteiger partial charge is 0.169 e. The molecule has 0 saturated carbocycles. The van der Waals surface area contributed by atoms with Crippen molar-refractivity contribution in [3.63, 3.8) is 0 Å². The number of ketones is 1. The summed E-state index contributed by atoms with van der Waals surface area (Å²) in [4.78, 5) is 11.3. The van der Waals surface area contributed by atoms with Crippen molar-refractivity contribution in [3.05, 3.63) is 35.4 Å². The zero-order chi connectivity index (χ0) is 11.9. The number of benzene rings is 2. The van der Waals surface area contributed by atoms with E-state index in [0.717, 1.165) is 10.9 Å². The molecule has 16 heavy (non-hydrogen) atoms. The Morgan fingerprint density at radius 2 is 1.81 bits per heavy atom. The van der Waals surface area contributed by atoms with Crippen LogP contribution in [0.1, 0.15) is 22.8 Å². The fourth-order valence-electron chi connectivity index (χ4n) is 1.76. The fraction of sp³-hybridized carbons (Fsp3) is 0.154. The molecule has 0 unspecified atom stereocenters. The molecule has 0 amide bonds. The summed E-state index contributed by atoms with van der Waals surface area (Å²) < 4.78 is 0. The Morgan fingerprint density at radius 1 is 1.12 bits per heavy atom. The second-order valence-electron chi connectivity index (χ2n) is 3.90. The third-order valence-electron chi connectivity index (χ3n) is 2.62. The van der Waals surface area contributed by atoms with Gasteiger partial charge in [0.25, 0.3) is 0 Å². The van der Waals surface area contributed by atoms with Crippen molar-refractivity contribution in [2.75, 3.05) is 0 Å². The maximum atomic E-state index is 11.3. The van der Waals surface area contributed by atoms with Crippen molar-refractivity contribution in [2.24, 2.45) is 0 Å². The van der Waals surface area contributed by atoms with Crippen LogP contribution < -0.4 is 0 Å². The minimum atomic E-state index is -0.344. The molecule has 0 aliphatic rings. The molecule has 0 atom stereocenters. The van der Waals surface area contributed by atoms with Gasteiger partial charge >= 0.3 is 0 Å². The van der Waals surface area contributed by atoms with E-state index in [1.807, 2.05) is 19.1 Å². The molecule has 3 heteroatoms. The molecule has 0 heterocycles. The van der Waals surface area contributed by atoms with Crippen molar-refractivity contribution in [1.82, 2.24) is 0 Å². The van der Waals surface area contributed by atoms with Crippen molar-refractivity contribution in [3.8, 4) is 11.5 Å². The quantitative estimate of drug-likeness (QED) is 0.569. The molecule has 0 saturated heterocycles. The van der Waals surface area contributed by atoms with Gasteiger partial charge in [-0.1, -0.05) is 23.8 Å². The summed E-state index contributed by atoms with van der Waals surface area (Å²) in [7, 11) is 0. The molecule has 3 nitrogen and oxygen atoms in total. The van der Waals surface area contributed by atoms with Crippen LogP contribution in [-0.2, 0) is 0 Å². The highest BCUT2D eigenvalue weighted by Gasteiger charge is 2.14. The minimum absolute atomic E-state index is 0.149. The van der Waals surface area contributed by atoms with Gasteiger partial charge in [0.15, 0.2) is 17.3 Å². The maximum absolute atomic E-state index is 11.3. The minimum Gasteiger partial charge on any atom is -0.504 e. The van der Waals surface area contributed by atoms with Crippen molar-refractivity contribution in [1.29, 1.82) is 0 Å². The van der Waals surface area contributed by atoms with Crippen LogP contribution >= 0.6 is 0 Å². The number of phenolic OH excluding ortho intramolecular Hbond substituents is 2. The highest BCUT2D eigenvalue weighted by molar-refractivity contribution is 6.04. The first-order valence-electron chi connectivity index (χ1n) is 4.97. The van der Waals surface area contributed by atoms with E-state index in [4.69, 9.17) is 0 Å². The zero-order valence-electron chi connectivity index (χ0n) is 9.11. The summed E-state index contributed by atoms with van der Waals surface area (Å²) in [6.45, 7) is 3.28. The summed E-state index contributed by atoms with van der Waals surface area (Å²) in [5.41, 5.74) is 1.18. The maximum Gasteiger partial charge on any atom is 0.169 e.